The van der Waals surface area contributed by atoms with Crippen LogP contribution in [-0.2, 0) is 0 Å². The van der Waals surface area contributed by atoms with Crippen molar-refractivity contribution in [2.75, 3.05) is 13.2 Å². The van der Waals surface area contributed by atoms with Crippen LogP contribution in [0.5, 0.6) is 5.75 Å². The van der Waals surface area contributed by atoms with Crippen LogP contribution < -0.4 is 10.5 Å². The van der Waals surface area contributed by atoms with Gasteiger partial charge in [-0.2, -0.15) is 0 Å². The summed E-state index contributed by atoms with van der Waals surface area (Å²) in [4.78, 5) is 0. The summed E-state index contributed by atoms with van der Waals surface area (Å²) in [6, 6.07) is 2.48. The standard InChI is InChI=1S/C8H8BrClFNO.ClH/c9-6-3-5(11)4-7(10)8(6)13-2-1-12;/h3-4H,1-2,12H2;1H. The van der Waals surface area contributed by atoms with Crippen molar-refractivity contribution in [1.29, 1.82) is 0 Å². The number of rotatable bonds is 3. The molecular formula is C8H9BrCl2FNO. The van der Waals surface area contributed by atoms with Gasteiger partial charge in [0, 0.05) is 6.54 Å². The first-order valence-electron chi connectivity index (χ1n) is 3.62. The Kier molecular flexibility index (Phi) is 6.44. The van der Waals surface area contributed by atoms with Crippen LogP contribution in [0.2, 0.25) is 5.02 Å². The Labute approximate surface area is 101 Å². The second-order valence-corrected chi connectivity index (χ2v) is 3.60. The van der Waals surface area contributed by atoms with Crippen LogP contribution in [0, 0.1) is 5.82 Å². The van der Waals surface area contributed by atoms with Crippen LogP contribution in [-0.4, -0.2) is 13.2 Å². The van der Waals surface area contributed by atoms with E-state index in [2.05, 4.69) is 15.9 Å². The van der Waals surface area contributed by atoms with Gasteiger partial charge in [0.15, 0.2) is 5.75 Å². The molecule has 2 N–H and O–H groups in total. The summed E-state index contributed by atoms with van der Waals surface area (Å²) < 4.78 is 18.4. The third-order valence-electron chi connectivity index (χ3n) is 1.33. The topological polar surface area (TPSA) is 35.2 Å². The molecule has 0 aromatic heterocycles. The lowest BCUT2D eigenvalue weighted by Crippen LogP contribution is -2.11. The minimum Gasteiger partial charge on any atom is -0.490 e. The zero-order chi connectivity index (χ0) is 9.84. The van der Waals surface area contributed by atoms with Crippen molar-refractivity contribution in [2.45, 2.75) is 0 Å². The van der Waals surface area contributed by atoms with Crippen molar-refractivity contribution in [3.05, 3.63) is 27.4 Å². The van der Waals surface area contributed by atoms with Crippen molar-refractivity contribution in [3.8, 4) is 5.75 Å². The second-order valence-electron chi connectivity index (χ2n) is 2.34. The first kappa shape index (κ1) is 14.0. The van der Waals surface area contributed by atoms with Crippen LogP contribution in [0.15, 0.2) is 16.6 Å². The smallest absolute Gasteiger partial charge is 0.152 e. The Morgan fingerprint density at radius 1 is 1.50 bits per heavy atom. The quantitative estimate of drug-likeness (QED) is 0.932. The van der Waals surface area contributed by atoms with Crippen molar-refractivity contribution in [2.24, 2.45) is 5.73 Å². The van der Waals surface area contributed by atoms with Gasteiger partial charge in [0.25, 0.3) is 0 Å². The molecule has 0 saturated heterocycles. The first-order valence-corrected chi connectivity index (χ1v) is 4.79. The Morgan fingerprint density at radius 3 is 2.64 bits per heavy atom. The lowest BCUT2D eigenvalue weighted by atomic mass is 10.3. The summed E-state index contributed by atoms with van der Waals surface area (Å²) >= 11 is 8.87. The summed E-state index contributed by atoms with van der Waals surface area (Å²) in [5.41, 5.74) is 5.25. The van der Waals surface area contributed by atoms with Crippen molar-refractivity contribution >= 4 is 39.9 Å². The highest BCUT2D eigenvalue weighted by Gasteiger charge is 2.08. The van der Waals surface area contributed by atoms with E-state index in [0.29, 0.717) is 23.4 Å². The average Bonchev–Trinajstić information content (AvgIpc) is 2.02. The van der Waals surface area contributed by atoms with Gasteiger partial charge in [0.2, 0.25) is 0 Å². The molecule has 0 fully saturated rings. The fourth-order valence-electron chi connectivity index (χ4n) is 0.828. The summed E-state index contributed by atoms with van der Waals surface area (Å²) in [5.74, 6) is 0.0190. The molecule has 0 unspecified atom stereocenters. The number of halogens is 4. The highest BCUT2D eigenvalue weighted by molar-refractivity contribution is 9.10. The van der Waals surface area contributed by atoms with Crippen LogP contribution in [0.25, 0.3) is 0 Å². The van der Waals surface area contributed by atoms with E-state index < -0.39 is 5.82 Å². The third-order valence-corrected chi connectivity index (χ3v) is 2.20. The normalized spacial score (nSPS) is 9.43. The van der Waals surface area contributed by atoms with Crippen molar-refractivity contribution in [3.63, 3.8) is 0 Å². The van der Waals surface area contributed by atoms with Gasteiger partial charge in [-0.1, -0.05) is 11.6 Å². The molecule has 0 atom stereocenters. The van der Waals surface area contributed by atoms with Gasteiger partial charge in [-0.25, -0.2) is 4.39 Å². The van der Waals surface area contributed by atoms with E-state index >= 15 is 0 Å². The molecule has 0 aliphatic carbocycles. The van der Waals surface area contributed by atoms with Gasteiger partial charge in [-0.15, -0.1) is 12.4 Å². The van der Waals surface area contributed by atoms with Crippen molar-refractivity contribution < 1.29 is 9.13 Å². The number of ether oxygens (including phenoxy) is 1. The van der Waals surface area contributed by atoms with Gasteiger partial charge in [-0.05, 0) is 28.1 Å². The van der Waals surface area contributed by atoms with Crippen LogP contribution >= 0.6 is 39.9 Å². The largest absolute Gasteiger partial charge is 0.490 e. The Balaban J connectivity index is 0.00000169. The van der Waals surface area contributed by atoms with E-state index in [-0.39, 0.29) is 17.4 Å². The van der Waals surface area contributed by atoms with Gasteiger partial charge >= 0.3 is 0 Å². The van der Waals surface area contributed by atoms with E-state index in [1.165, 1.54) is 12.1 Å². The zero-order valence-corrected chi connectivity index (χ0v) is 10.3. The molecule has 2 nitrogen and oxygen atoms in total. The lowest BCUT2D eigenvalue weighted by Gasteiger charge is -2.08. The van der Waals surface area contributed by atoms with Crippen LogP contribution in [0.4, 0.5) is 4.39 Å². The summed E-state index contributed by atoms with van der Waals surface area (Å²) in [7, 11) is 0. The van der Waals surface area contributed by atoms with E-state index in [4.69, 9.17) is 22.1 Å². The molecule has 0 bridgehead atoms. The predicted octanol–water partition coefficient (Wildman–Crippen LogP) is 3.00. The van der Waals surface area contributed by atoms with E-state index in [1.54, 1.807) is 0 Å². The Bertz CT molecular complexity index is 288. The summed E-state index contributed by atoms with van der Waals surface area (Å²) in [6.07, 6.45) is 0. The van der Waals surface area contributed by atoms with Gasteiger partial charge in [0.05, 0.1) is 9.50 Å². The van der Waals surface area contributed by atoms with Crippen molar-refractivity contribution in [1.82, 2.24) is 0 Å². The SMILES string of the molecule is Cl.NCCOc1c(Cl)cc(F)cc1Br. The monoisotopic (exact) mass is 303 g/mol. The van der Waals surface area contributed by atoms with E-state index in [0.717, 1.165) is 0 Å². The molecule has 14 heavy (non-hydrogen) atoms. The zero-order valence-electron chi connectivity index (χ0n) is 7.10. The fourth-order valence-corrected chi connectivity index (χ4v) is 1.75. The molecule has 0 heterocycles. The maximum Gasteiger partial charge on any atom is 0.152 e. The van der Waals surface area contributed by atoms with Gasteiger partial charge < -0.3 is 10.5 Å². The van der Waals surface area contributed by atoms with Crippen LogP contribution in [0.3, 0.4) is 0 Å². The minimum atomic E-state index is -0.406. The molecule has 0 aliphatic heterocycles. The van der Waals surface area contributed by atoms with Gasteiger partial charge in [-0.3, -0.25) is 0 Å². The molecule has 0 spiro atoms. The third kappa shape index (κ3) is 3.61. The maximum absolute atomic E-state index is 12.7. The molecule has 1 rings (SSSR count). The fraction of sp³-hybridized carbons (Fsp3) is 0.250. The number of benzene rings is 1. The highest BCUT2D eigenvalue weighted by Crippen LogP contribution is 2.33. The molecule has 6 heteroatoms. The van der Waals surface area contributed by atoms with Gasteiger partial charge in [0.1, 0.15) is 12.4 Å². The molecular weight excluding hydrogens is 296 g/mol. The molecule has 80 valence electrons. The maximum atomic E-state index is 12.7. The lowest BCUT2D eigenvalue weighted by molar-refractivity contribution is 0.326. The highest BCUT2D eigenvalue weighted by atomic mass is 79.9. The molecule has 0 radical (unpaired) electrons. The van der Waals surface area contributed by atoms with E-state index in [1.807, 2.05) is 0 Å². The Hall–Kier alpha value is -0.0300. The number of hydrogen-bond donors (Lipinski definition) is 1. The number of hydrogen-bond acceptors (Lipinski definition) is 2. The summed E-state index contributed by atoms with van der Waals surface area (Å²) in [6.45, 7) is 0.740. The molecule has 0 saturated carbocycles. The summed E-state index contributed by atoms with van der Waals surface area (Å²) in [5, 5.41) is 0.236. The number of nitrogens with two attached hydrogens (primary N) is 1. The second kappa shape index (κ2) is 6.45. The van der Waals surface area contributed by atoms with E-state index in [9.17, 15) is 4.39 Å². The molecule has 0 aliphatic rings. The predicted molar refractivity (Wildman–Crippen MR) is 60.9 cm³/mol. The van der Waals surface area contributed by atoms with Crippen LogP contribution in [0.1, 0.15) is 0 Å². The molecule has 1 aromatic rings. The average molecular weight is 305 g/mol. The minimum absolute atomic E-state index is 0. The first-order chi connectivity index (χ1) is 6.15. The Morgan fingerprint density at radius 2 is 2.14 bits per heavy atom. The molecule has 1 aromatic carbocycles. The molecule has 0 amide bonds.